The highest BCUT2D eigenvalue weighted by Crippen LogP contribution is 2.29. The molecule has 4 rings (SSSR count). The molecule has 0 saturated carbocycles. The molecule has 0 spiro atoms. The molecule has 7 nitrogen and oxygen atoms in total. The highest BCUT2D eigenvalue weighted by atomic mass is 32.2. The average Bonchev–Trinajstić information content (AvgIpc) is 3.03. The van der Waals surface area contributed by atoms with Crippen molar-refractivity contribution in [2.45, 2.75) is 25.0 Å². The van der Waals surface area contributed by atoms with Crippen molar-refractivity contribution in [1.82, 2.24) is 5.32 Å². The van der Waals surface area contributed by atoms with E-state index in [2.05, 4.69) is 5.32 Å². The molecule has 0 heterocycles. The topological polar surface area (TPSA) is 119 Å². The van der Waals surface area contributed by atoms with E-state index in [1.54, 1.807) is 36.0 Å². The molecule has 45 heavy (non-hydrogen) atoms. The highest BCUT2D eigenvalue weighted by Gasteiger charge is 2.30. The number of amides is 2. The number of rotatable bonds is 12. The summed E-state index contributed by atoms with van der Waals surface area (Å²) in [5, 5.41) is 10.7. The number of nitrogens with two attached hydrogens (primary N) is 1. The molecular weight excluding hydrogens is 605 g/mol. The van der Waals surface area contributed by atoms with Gasteiger partial charge in [0, 0.05) is 17.1 Å². The summed E-state index contributed by atoms with van der Waals surface area (Å²) >= 11 is 1.65. The molecule has 0 radical (unpaired) electrons. The molecule has 0 atom stereocenters. The summed E-state index contributed by atoms with van der Waals surface area (Å²) in [6.07, 6.45) is -2.90. The van der Waals surface area contributed by atoms with Crippen LogP contribution in [-0.4, -0.2) is 28.6 Å². The smallest absolute Gasteiger partial charge is 0.416 e. The molecule has 4 aromatic carbocycles. The molecule has 234 valence electrons. The summed E-state index contributed by atoms with van der Waals surface area (Å²) in [6, 6.07) is 30.0. The number of hydrogen-bond donors (Lipinski definition) is 3. The van der Waals surface area contributed by atoms with E-state index in [9.17, 15) is 27.6 Å². The van der Waals surface area contributed by atoms with Crippen LogP contribution in [0.5, 0.6) is 5.75 Å². The van der Waals surface area contributed by atoms with Gasteiger partial charge in [-0.25, -0.2) is 0 Å². The number of primary amides is 1. The molecule has 0 aliphatic rings. The fourth-order valence-electron chi connectivity index (χ4n) is 3.70. The van der Waals surface area contributed by atoms with Gasteiger partial charge in [-0.05, 0) is 59.2 Å². The average molecular weight is 637 g/mol. The third-order valence-corrected chi connectivity index (χ3v) is 7.01. The Morgan fingerprint density at radius 2 is 1.47 bits per heavy atom. The number of carbonyl (C=O) groups excluding carboxylic acids is 2. The lowest BCUT2D eigenvalue weighted by atomic mass is 10.1. The molecule has 0 unspecified atom stereocenters. The number of alkyl halides is 3. The normalized spacial score (nSPS) is 11.1. The molecule has 0 aromatic heterocycles. The number of hydrogen-bond acceptors (Lipinski definition) is 5. The van der Waals surface area contributed by atoms with E-state index >= 15 is 0 Å². The van der Waals surface area contributed by atoms with E-state index < -0.39 is 29.5 Å². The zero-order valence-electron chi connectivity index (χ0n) is 24.0. The fourth-order valence-corrected chi connectivity index (χ4v) is 4.59. The minimum absolute atomic E-state index is 0.0508. The van der Waals surface area contributed by atoms with Crippen LogP contribution in [0.4, 0.5) is 13.2 Å². The molecule has 2 amide bonds. The first-order chi connectivity index (χ1) is 21.5. The van der Waals surface area contributed by atoms with Gasteiger partial charge < -0.3 is 20.9 Å². The second kappa shape index (κ2) is 17.3. The van der Waals surface area contributed by atoms with E-state index in [0.717, 1.165) is 35.6 Å². The van der Waals surface area contributed by atoms with Crippen molar-refractivity contribution in [2.75, 3.05) is 5.75 Å². The van der Waals surface area contributed by atoms with Gasteiger partial charge in [0.1, 0.15) is 18.1 Å². The van der Waals surface area contributed by atoms with E-state index in [1.807, 2.05) is 60.7 Å². The van der Waals surface area contributed by atoms with Crippen LogP contribution in [0.25, 0.3) is 6.08 Å². The lowest BCUT2D eigenvalue weighted by Gasteiger charge is -2.10. The number of benzene rings is 4. The SMILES string of the molecule is NC(=O)/C(=C\c1cccc(OCc2ccccc2)c1)NC(=O)c1ccc(C(F)(F)F)cc1.O=C(O)CCSCc1ccccc1. The molecule has 4 N–H and O–H groups in total. The van der Waals surface area contributed by atoms with Crippen LogP contribution in [0, 0.1) is 0 Å². The maximum Gasteiger partial charge on any atom is 0.416 e. The summed E-state index contributed by atoms with van der Waals surface area (Å²) in [5.74, 6) is -0.264. The maximum absolute atomic E-state index is 12.7. The Bertz CT molecular complexity index is 1580. The molecule has 0 aliphatic carbocycles. The Morgan fingerprint density at radius 1 is 0.844 bits per heavy atom. The molecule has 0 aliphatic heterocycles. The van der Waals surface area contributed by atoms with Crippen LogP contribution >= 0.6 is 11.8 Å². The predicted molar refractivity (Wildman–Crippen MR) is 168 cm³/mol. The maximum atomic E-state index is 12.7. The Morgan fingerprint density at radius 3 is 2.04 bits per heavy atom. The van der Waals surface area contributed by atoms with Crippen LogP contribution in [-0.2, 0) is 28.1 Å². The zero-order valence-corrected chi connectivity index (χ0v) is 24.8. The molecular formula is C34H31F3N2O5S. The highest BCUT2D eigenvalue weighted by molar-refractivity contribution is 7.98. The van der Waals surface area contributed by atoms with Crippen molar-refractivity contribution >= 4 is 35.6 Å². The number of carbonyl (C=O) groups is 3. The van der Waals surface area contributed by atoms with E-state index in [4.69, 9.17) is 15.6 Å². The number of carboxylic acid groups (broad SMARTS) is 1. The molecule has 4 aromatic rings. The Balaban J connectivity index is 0.000000355. The third kappa shape index (κ3) is 12.6. The number of thioether (sulfide) groups is 1. The number of carboxylic acids is 1. The van der Waals surface area contributed by atoms with Crippen molar-refractivity contribution in [1.29, 1.82) is 0 Å². The van der Waals surface area contributed by atoms with Crippen molar-refractivity contribution in [3.63, 3.8) is 0 Å². The van der Waals surface area contributed by atoms with Gasteiger partial charge in [-0.2, -0.15) is 24.9 Å². The lowest BCUT2D eigenvalue weighted by Crippen LogP contribution is -2.31. The van der Waals surface area contributed by atoms with E-state index in [1.165, 1.54) is 11.6 Å². The van der Waals surface area contributed by atoms with Crippen LogP contribution in [0.1, 0.15) is 39.0 Å². The van der Waals surface area contributed by atoms with Crippen molar-refractivity contribution in [3.8, 4) is 5.75 Å². The zero-order chi connectivity index (χ0) is 32.7. The van der Waals surface area contributed by atoms with Crippen LogP contribution in [0.15, 0.2) is 115 Å². The monoisotopic (exact) mass is 636 g/mol. The number of ether oxygens (including phenoxy) is 1. The summed E-state index contributed by atoms with van der Waals surface area (Å²) in [6.45, 7) is 0.349. The van der Waals surface area contributed by atoms with Gasteiger partial charge in [0.05, 0.1) is 12.0 Å². The summed E-state index contributed by atoms with van der Waals surface area (Å²) in [5.41, 5.74) is 6.99. The minimum atomic E-state index is -4.51. The first kappa shape index (κ1) is 34.5. The van der Waals surface area contributed by atoms with Crippen LogP contribution in [0.3, 0.4) is 0 Å². The molecule has 11 heteroatoms. The molecule has 0 fully saturated rings. The van der Waals surface area contributed by atoms with Crippen molar-refractivity contribution < 1.29 is 37.4 Å². The summed E-state index contributed by atoms with van der Waals surface area (Å²) in [7, 11) is 0. The van der Waals surface area contributed by atoms with Gasteiger partial charge in [-0.1, -0.05) is 72.8 Å². The van der Waals surface area contributed by atoms with Gasteiger partial charge in [-0.15, -0.1) is 0 Å². The summed E-state index contributed by atoms with van der Waals surface area (Å²) < 4.78 is 43.8. The quantitative estimate of drug-likeness (QED) is 0.115. The van der Waals surface area contributed by atoms with Gasteiger partial charge in [0.25, 0.3) is 11.8 Å². The van der Waals surface area contributed by atoms with Gasteiger partial charge in [0.15, 0.2) is 0 Å². The van der Waals surface area contributed by atoms with E-state index in [0.29, 0.717) is 23.7 Å². The Labute approximate surface area is 262 Å². The second-order valence-corrected chi connectivity index (χ2v) is 10.6. The number of nitrogens with one attached hydrogen (secondary N) is 1. The third-order valence-electron chi connectivity index (χ3n) is 5.98. The number of halogens is 3. The molecule has 0 bridgehead atoms. The van der Waals surface area contributed by atoms with Crippen LogP contribution < -0.4 is 15.8 Å². The van der Waals surface area contributed by atoms with Crippen LogP contribution in [0.2, 0.25) is 0 Å². The minimum Gasteiger partial charge on any atom is -0.489 e. The van der Waals surface area contributed by atoms with Crippen molar-refractivity contribution in [3.05, 3.63) is 143 Å². The number of aliphatic carboxylic acids is 1. The van der Waals surface area contributed by atoms with E-state index in [-0.39, 0.29) is 17.7 Å². The second-order valence-electron chi connectivity index (χ2n) is 9.48. The Hall–Kier alpha value is -5.03. The largest absolute Gasteiger partial charge is 0.489 e. The first-order valence-corrected chi connectivity index (χ1v) is 14.8. The predicted octanol–water partition coefficient (Wildman–Crippen LogP) is 6.94. The lowest BCUT2D eigenvalue weighted by molar-refractivity contribution is -0.138. The Kier molecular flexibility index (Phi) is 13.3. The van der Waals surface area contributed by atoms with Gasteiger partial charge >= 0.3 is 12.1 Å². The first-order valence-electron chi connectivity index (χ1n) is 13.6. The van der Waals surface area contributed by atoms with Crippen molar-refractivity contribution in [2.24, 2.45) is 5.73 Å². The van der Waals surface area contributed by atoms with Gasteiger partial charge in [-0.3, -0.25) is 14.4 Å². The summed E-state index contributed by atoms with van der Waals surface area (Å²) in [4.78, 5) is 34.4. The standard InChI is InChI=1S/C24H19F3N2O3.C10H12O2S/c25-24(26,27)19-11-9-18(10-12-19)23(31)29-21(22(28)30)14-17-7-4-8-20(13-17)32-15-16-5-2-1-3-6-16;11-10(12)6-7-13-8-9-4-2-1-3-5-9/h1-14H,15H2,(H2,28,30)(H,29,31);1-5H,6-8H2,(H,11,12)/b21-14+;. The fraction of sp³-hybridized carbons (Fsp3) is 0.147. The van der Waals surface area contributed by atoms with Gasteiger partial charge in [0.2, 0.25) is 0 Å². The molecule has 0 saturated heterocycles.